The van der Waals surface area contributed by atoms with Gasteiger partial charge in [-0.05, 0) is 24.3 Å². The van der Waals surface area contributed by atoms with Gasteiger partial charge >= 0.3 is 0 Å². The van der Waals surface area contributed by atoms with Crippen LogP contribution < -0.4 is 10.6 Å². The zero-order valence-electron chi connectivity index (χ0n) is 13.7. The highest BCUT2D eigenvalue weighted by Crippen LogP contribution is 2.17. The average Bonchev–Trinajstić information content (AvgIpc) is 2.63. The van der Waals surface area contributed by atoms with Crippen molar-refractivity contribution in [2.45, 2.75) is 0 Å². The van der Waals surface area contributed by atoms with E-state index < -0.39 is 0 Å². The van der Waals surface area contributed by atoms with Gasteiger partial charge in [0.15, 0.2) is 0 Å². The largest absolute Gasteiger partial charge is 0.379 e. The van der Waals surface area contributed by atoms with Crippen LogP contribution in [0.1, 0.15) is 10.5 Å². The van der Waals surface area contributed by atoms with Crippen LogP contribution in [0.5, 0.6) is 0 Å². The lowest BCUT2D eigenvalue weighted by atomic mass is 10.3. The van der Waals surface area contributed by atoms with Crippen molar-refractivity contribution in [1.82, 2.24) is 20.2 Å². The van der Waals surface area contributed by atoms with Crippen molar-refractivity contribution in [1.29, 1.82) is 0 Å². The molecular formula is C17H20ClN5O2. The van der Waals surface area contributed by atoms with Crippen molar-refractivity contribution in [2.24, 2.45) is 0 Å². The van der Waals surface area contributed by atoms with E-state index in [0.717, 1.165) is 38.5 Å². The summed E-state index contributed by atoms with van der Waals surface area (Å²) in [6.45, 7) is 4.67. The van der Waals surface area contributed by atoms with Crippen molar-refractivity contribution in [3.05, 3.63) is 47.2 Å². The molecule has 2 heterocycles. The summed E-state index contributed by atoms with van der Waals surface area (Å²) in [6, 6.07) is 8.82. The summed E-state index contributed by atoms with van der Waals surface area (Å²) in [4.78, 5) is 22.9. The molecule has 3 rings (SSSR count). The number of rotatable bonds is 6. The van der Waals surface area contributed by atoms with Crippen LogP contribution in [0.4, 0.5) is 11.6 Å². The predicted octanol–water partition coefficient (Wildman–Crippen LogP) is 1.94. The molecule has 1 amide bonds. The van der Waals surface area contributed by atoms with E-state index in [1.54, 1.807) is 24.4 Å². The van der Waals surface area contributed by atoms with Crippen LogP contribution in [0.25, 0.3) is 0 Å². The van der Waals surface area contributed by atoms with Crippen LogP contribution in [0, 0.1) is 0 Å². The number of nitrogens with one attached hydrogen (secondary N) is 2. The van der Waals surface area contributed by atoms with Gasteiger partial charge in [-0.15, -0.1) is 0 Å². The summed E-state index contributed by atoms with van der Waals surface area (Å²) in [5.41, 5.74) is 1.08. The van der Waals surface area contributed by atoms with Gasteiger partial charge in [0, 0.05) is 43.1 Å². The zero-order chi connectivity index (χ0) is 17.5. The standard InChI is InChI=1S/C17H20ClN5O2/c18-13-2-1-3-14(12-13)21-17-20-5-4-15(22-17)16(24)19-6-7-23-8-10-25-11-9-23/h1-5,12H,6-11H2,(H,19,24)(H,20,21,22). The molecule has 0 aliphatic carbocycles. The zero-order valence-corrected chi connectivity index (χ0v) is 14.5. The predicted molar refractivity (Wildman–Crippen MR) is 96.4 cm³/mol. The Kier molecular flexibility index (Phi) is 6.16. The van der Waals surface area contributed by atoms with Gasteiger partial charge in [0.2, 0.25) is 5.95 Å². The average molecular weight is 362 g/mol. The fourth-order valence-corrected chi connectivity index (χ4v) is 2.67. The van der Waals surface area contributed by atoms with E-state index in [9.17, 15) is 4.79 Å². The third-order valence-corrected chi connectivity index (χ3v) is 4.02. The normalized spacial score (nSPS) is 14.9. The molecular weight excluding hydrogens is 342 g/mol. The lowest BCUT2D eigenvalue weighted by molar-refractivity contribution is 0.0383. The summed E-state index contributed by atoms with van der Waals surface area (Å²) in [6.07, 6.45) is 1.55. The van der Waals surface area contributed by atoms with E-state index in [0.29, 0.717) is 23.2 Å². The van der Waals surface area contributed by atoms with Crippen molar-refractivity contribution in [2.75, 3.05) is 44.7 Å². The smallest absolute Gasteiger partial charge is 0.270 e. The molecule has 1 aliphatic heterocycles. The second-order valence-corrected chi connectivity index (χ2v) is 6.05. The Balaban J connectivity index is 1.54. The minimum Gasteiger partial charge on any atom is -0.379 e. The van der Waals surface area contributed by atoms with Crippen LogP contribution in [0.3, 0.4) is 0 Å². The molecule has 7 nitrogen and oxygen atoms in total. The Hall–Kier alpha value is -2.22. The van der Waals surface area contributed by atoms with Gasteiger partial charge in [-0.25, -0.2) is 9.97 Å². The van der Waals surface area contributed by atoms with Crippen LogP contribution in [0.15, 0.2) is 36.5 Å². The molecule has 1 aromatic carbocycles. The maximum Gasteiger partial charge on any atom is 0.270 e. The third-order valence-electron chi connectivity index (χ3n) is 3.79. The fourth-order valence-electron chi connectivity index (χ4n) is 2.48. The molecule has 0 saturated carbocycles. The molecule has 1 fully saturated rings. The SMILES string of the molecule is O=C(NCCN1CCOCC1)c1ccnc(Nc2cccc(Cl)c2)n1. The van der Waals surface area contributed by atoms with Crippen molar-refractivity contribution < 1.29 is 9.53 Å². The first-order valence-electron chi connectivity index (χ1n) is 8.15. The molecule has 0 unspecified atom stereocenters. The van der Waals surface area contributed by atoms with Gasteiger partial charge in [-0.1, -0.05) is 17.7 Å². The van der Waals surface area contributed by atoms with Crippen molar-refractivity contribution in [3.8, 4) is 0 Å². The molecule has 0 bridgehead atoms. The number of ether oxygens (including phenoxy) is 1. The number of nitrogens with zero attached hydrogens (tertiary/aromatic N) is 3. The van der Waals surface area contributed by atoms with E-state index in [1.165, 1.54) is 0 Å². The third kappa shape index (κ3) is 5.38. The highest BCUT2D eigenvalue weighted by atomic mass is 35.5. The van der Waals surface area contributed by atoms with Crippen LogP contribution in [0.2, 0.25) is 5.02 Å². The molecule has 0 radical (unpaired) electrons. The number of carbonyl (C=O) groups is 1. The minimum absolute atomic E-state index is 0.218. The maximum absolute atomic E-state index is 12.3. The number of carbonyl (C=O) groups excluding carboxylic acids is 1. The Morgan fingerprint density at radius 3 is 2.92 bits per heavy atom. The molecule has 1 saturated heterocycles. The van der Waals surface area contributed by atoms with E-state index in [2.05, 4.69) is 25.5 Å². The van der Waals surface area contributed by atoms with Gasteiger partial charge in [-0.2, -0.15) is 0 Å². The highest BCUT2D eigenvalue weighted by Gasteiger charge is 2.12. The van der Waals surface area contributed by atoms with Gasteiger partial charge in [0.1, 0.15) is 5.69 Å². The topological polar surface area (TPSA) is 79.4 Å². The summed E-state index contributed by atoms with van der Waals surface area (Å²) in [7, 11) is 0. The number of hydrogen-bond donors (Lipinski definition) is 2. The Morgan fingerprint density at radius 1 is 1.28 bits per heavy atom. The lowest BCUT2D eigenvalue weighted by Crippen LogP contribution is -2.41. The summed E-state index contributed by atoms with van der Waals surface area (Å²) >= 11 is 5.96. The molecule has 132 valence electrons. The summed E-state index contributed by atoms with van der Waals surface area (Å²) in [5.74, 6) is 0.132. The molecule has 2 aromatic rings. The van der Waals surface area contributed by atoms with Gasteiger partial charge in [0.25, 0.3) is 5.91 Å². The number of anilines is 2. The Bertz CT molecular complexity index is 722. The molecule has 2 N–H and O–H groups in total. The molecule has 0 atom stereocenters. The van der Waals surface area contributed by atoms with Gasteiger partial charge in [0.05, 0.1) is 13.2 Å². The van der Waals surface area contributed by atoms with E-state index >= 15 is 0 Å². The number of amides is 1. The molecule has 1 aromatic heterocycles. The van der Waals surface area contributed by atoms with Crippen LogP contribution in [-0.2, 0) is 4.74 Å². The fraction of sp³-hybridized carbons (Fsp3) is 0.353. The molecule has 25 heavy (non-hydrogen) atoms. The highest BCUT2D eigenvalue weighted by molar-refractivity contribution is 6.30. The first-order chi connectivity index (χ1) is 12.2. The monoisotopic (exact) mass is 361 g/mol. The van der Waals surface area contributed by atoms with Gasteiger partial charge < -0.3 is 15.4 Å². The molecule has 1 aliphatic rings. The Labute approximate surface area is 151 Å². The second kappa shape index (κ2) is 8.75. The lowest BCUT2D eigenvalue weighted by Gasteiger charge is -2.26. The van der Waals surface area contributed by atoms with E-state index in [-0.39, 0.29) is 5.91 Å². The minimum atomic E-state index is -0.218. The molecule has 0 spiro atoms. The number of morpholine rings is 1. The quantitative estimate of drug-likeness (QED) is 0.818. The first-order valence-corrected chi connectivity index (χ1v) is 8.52. The number of halogens is 1. The van der Waals surface area contributed by atoms with Gasteiger partial charge in [-0.3, -0.25) is 9.69 Å². The van der Waals surface area contributed by atoms with Crippen LogP contribution >= 0.6 is 11.6 Å². The number of aromatic nitrogens is 2. The second-order valence-electron chi connectivity index (χ2n) is 5.61. The number of hydrogen-bond acceptors (Lipinski definition) is 6. The van der Waals surface area contributed by atoms with Crippen LogP contribution in [-0.4, -0.2) is 60.2 Å². The summed E-state index contributed by atoms with van der Waals surface area (Å²) in [5, 5.41) is 6.54. The first kappa shape index (κ1) is 17.6. The van der Waals surface area contributed by atoms with Crippen molar-refractivity contribution >= 4 is 29.1 Å². The summed E-state index contributed by atoms with van der Waals surface area (Å²) < 4.78 is 5.30. The Morgan fingerprint density at radius 2 is 2.12 bits per heavy atom. The van der Waals surface area contributed by atoms with Crippen molar-refractivity contribution in [3.63, 3.8) is 0 Å². The molecule has 8 heteroatoms. The maximum atomic E-state index is 12.3. The van der Waals surface area contributed by atoms with E-state index in [1.807, 2.05) is 12.1 Å². The number of benzene rings is 1. The van der Waals surface area contributed by atoms with E-state index in [4.69, 9.17) is 16.3 Å².